The van der Waals surface area contributed by atoms with E-state index in [2.05, 4.69) is 53.3 Å². The van der Waals surface area contributed by atoms with Gasteiger partial charge >= 0.3 is 0 Å². The van der Waals surface area contributed by atoms with Crippen LogP contribution in [0.25, 0.3) is 11.1 Å². The zero-order valence-corrected chi connectivity index (χ0v) is 17.9. The number of halogens is 1. The Morgan fingerprint density at radius 3 is 1.75 bits per heavy atom. The van der Waals surface area contributed by atoms with Crippen LogP contribution in [0.15, 0.2) is 77.9 Å². The number of benzene rings is 2. The average Bonchev–Trinajstić information content (AvgIpc) is 2.67. The Bertz CT molecular complexity index is 803. The summed E-state index contributed by atoms with van der Waals surface area (Å²) >= 11 is 0. The fourth-order valence-electron chi connectivity index (χ4n) is 3.03. The summed E-state index contributed by atoms with van der Waals surface area (Å²) in [5.74, 6) is 0.207. The Hall–Kier alpha value is -2.41. The van der Waals surface area contributed by atoms with Crippen LogP contribution in [0.4, 0.5) is 4.39 Å². The van der Waals surface area contributed by atoms with Crippen LogP contribution in [0.2, 0.25) is 0 Å². The molecule has 0 heterocycles. The molecule has 0 spiro atoms. The largest absolute Gasteiger partial charge is 0.207 e. The third kappa shape index (κ3) is 6.34. The van der Waals surface area contributed by atoms with Crippen molar-refractivity contribution in [2.24, 2.45) is 5.92 Å². The molecule has 0 atom stereocenters. The van der Waals surface area contributed by atoms with Gasteiger partial charge in [0.2, 0.25) is 0 Å². The zero-order chi connectivity index (χ0) is 20.6. The summed E-state index contributed by atoms with van der Waals surface area (Å²) < 4.78 is 13.4. The normalized spacial score (nSPS) is 12.2. The maximum absolute atomic E-state index is 13.4. The van der Waals surface area contributed by atoms with Gasteiger partial charge in [-0.1, -0.05) is 95.3 Å². The lowest BCUT2D eigenvalue weighted by molar-refractivity contribution is 0.627. The molecular formula is C27H37F. The van der Waals surface area contributed by atoms with Crippen molar-refractivity contribution in [3.63, 3.8) is 0 Å². The second kappa shape index (κ2) is 12.1. The molecule has 0 fully saturated rings. The number of rotatable bonds is 5. The first-order chi connectivity index (χ1) is 12.8. The van der Waals surface area contributed by atoms with Gasteiger partial charge < -0.3 is 0 Å². The van der Waals surface area contributed by atoms with E-state index in [1.165, 1.54) is 28.9 Å². The van der Waals surface area contributed by atoms with Gasteiger partial charge in [-0.3, -0.25) is 0 Å². The Labute approximate surface area is 172 Å². The maximum Gasteiger partial charge on any atom is 0.123 e. The van der Waals surface area contributed by atoms with Crippen LogP contribution in [0.5, 0.6) is 0 Å². The van der Waals surface area contributed by atoms with E-state index < -0.39 is 0 Å². The van der Waals surface area contributed by atoms with Crippen molar-refractivity contribution in [3.8, 4) is 0 Å². The van der Waals surface area contributed by atoms with Gasteiger partial charge in [0.15, 0.2) is 0 Å². The van der Waals surface area contributed by atoms with Gasteiger partial charge in [-0.25, -0.2) is 4.39 Å². The Morgan fingerprint density at radius 1 is 0.821 bits per heavy atom. The lowest BCUT2D eigenvalue weighted by Crippen LogP contribution is -2.02. The molecule has 0 unspecified atom stereocenters. The Kier molecular flexibility index (Phi) is 11.1. The predicted molar refractivity (Wildman–Crippen MR) is 126 cm³/mol. The first kappa shape index (κ1) is 25.6. The molecule has 0 aliphatic heterocycles. The minimum absolute atomic E-state index is 0. The summed E-state index contributed by atoms with van der Waals surface area (Å²) in [6.45, 7) is 19.0. The van der Waals surface area contributed by atoms with Gasteiger partial charge in [-0.15, -0.1) is 0 Å². The van der Waals surface area contributed by atoms with E-state index in [-0.39, 0.29) is 13.2 Å². The zero-order valence-electron chi connectivity index (χ0n) is 17.9. The van der Waals surface area contributed by atoms with Gasteiger partial charge in [0.25, 0.3) is 0 Å². The molecule has 0 amide bonds. The summed E-state index contributed by atoms with van der Waals surface area (Å²) in [7, 11) is 0. The minimum Gasteiger partial charge on any atom is -0.207 e. The van der Waals surface area contributed by atoms with Gasteiger partial charge in [-0.05, 0) is 66.7 Å². The molecule has 0 N–H and O–H groups in total. The molecule has 0 radical (unpaired) electrons. The molecule has 28 heavy (non-hydrogen) atoms. The highest BCUT2D eigenvalue weighted by atomic mass is 19.1. The molecule has 1 heteroatoms. The second-order valence-electron chi connectivity index (χ2n) is 6.87. The topological polar surface area (TPSA) is 0 Å². The van der Waals surface area contributed by atoms with Gasteiger partial charge in [0.05, 0.1) is 0 Å². The SMILES string of the molecule is C.C=C(C)C(/C(=C(\C)c1ccc(F)cc1)c1ccccc1)=C(/C)C(C)C.CC. The van der Waals surface area contributed by atoms with E-state index in [9.17, 15) is 4.39 Å². The van der Waals surface area contributed by atoms with Crippen molar-refractivity contribution in [2.75, 3.05) is 0 Å². The van der Waals surface area contributed by atoms with Crippen molar-refractivity contribution < 1.29 is 4.39 Å². The third-order valence-electron chi connectivity index (χ3n) is 4.65. The van der Waals surface area contributed by atoms with Crippen LogP contribution >= 0.6 is 0 Å². The predicted octanol–water partition coefficient (Wildman–Crippen LogP) is 8.97. The van der Waals surface area contributed by atoms with Crippen LogP contribution in [0, 0.1) is 11.7 Å². The molecule has 2 aromatic carbocycles. The molecule has 0 aromatic heterocycles. The number of hydrogen-bond acceptors (Lipinski definition) is 0. The van der Waals surface area contributed by atoms with E-state index in [1.54, 1.807) is 0 Å². The summed E-state index contributed by atoms with van der Waals surface area (Å²) in [5.41, 5.74) is 8.04. The molecule has 152 valence electrons. The van der Waals surface area contributed by atoms with E-state index in [1.807, 2.05) is 44.2 Å². The van der Waals surface area contributed by atoms with Crippen LogP contribution < -0.4 is 0 Å². The fourth-order valence-corrected chi connectivity index (χ4v) is 3.03. The van der Waals surface area contributed by atoms with Crippen molar-refractivity contribution in [1.82, 2.24) is 0 Å². The number of hydrogen-bond donors (Lipinski definition) is 0. The standard InChI is InChI=1S/C24H27F.C2H6.CH4/c1-16(2)18(5)23(17(3)4)24(21-10-8-7-9-11-21)19(6)20-12-14-22(25)15-13-20;1-2;/h7-16H,3H2,1-2,4-6H3;1-2H3;1H4/b23-18+,24-19+;;. The van der Waals surface area contributed by atoms with E-state index in [4.69, 9.17) is 0 Å². The summed E-state index contributed by atoms with van der Waals surface area (Å²) in [6.07, 6.45) is 0. The van der Waals surface area contributed by atoms with Crippen molar-refractivity contribution in [1.29, 1.82) is 0 Å². The second-order valence-corrected chi connectivity index (χ2v) is 6.87. The molecule has 2 aromatic rings. The van der Waals surface area contributed by atoms with Crippen LogP contribution in [-0.2, 0) is 0 Å². The highest BCUT2D eigenvalue weighted by Crippen LogP contribution is 2.38. The van der Waals surface area contributed by atoms with Crippen molar-refractivity contribution in [3.05, 3.63) is 94.8 Å². The lowest BCUT2D eigenvalue weighted by Gasteiger charge is -2.22. The van der Waals surface area contributed by atoms with Crippen LogP contribution in [-0.4, -0.2) is 0 Å². The monoisotopic (exact) mass is 380 g/mol. The highest BCUT2D eigenvalue weighted by Gasteiger charge is 2.17. The van der Waals surface area contributed by atoms with E-state index >= 15 is 0 Å². The quantitative estimate of drug-likeness (QED) is 0.358. The first-order valence-corrected chi connectivity index (χ1v) is 9.72. The summed E-state index contributed by atoms with van der Waals surface area (Å²) in [6, 6.07) is 17.1. The fraction of sp³-hybridized carbons (Fsp3) is 0.333. The van der Waals surface area contributed by atoms with E-state index in [0.29, 0.717) is 5.92 Å². The van der Waals surface area contributed by atoms with Gasteiger partial charge in [0, 0.05) is 0 Å². The number of allylic oxidation sites excluding steroid dienone is 5. The van der Waals surface area contributed by atoms with Gasteiger partial charge in [-0.2, -0.15) is 0 Å². The highest BCUT2D eigenvalue weighted by molar-refractivity contribution is 6.00. The average molecular weight is 381 g/mol. The van der Waals surface area contributed by atoms with Crippen molar-refractivity contribution >= 4 is 11.1 Å². The molecule has 0 aliphatic carbocycles. The van der Waals surface area contributed by atoms with Gasteiger partial charge in [0.1, 0.15) is 5.82 Å². The van der Waals surface area contributed by atoms with Crippen LogP contribution in [0.1, 0.15) is 67.0 Å². The molecule has 2 rings (SSSR count). The molecule has 0 nitrogen and oxygen atoms in total. The molecule has 0 saturated heterocycles. The lowest BCUT2D eigenvalue weighted by atomic mass is 9.82. The van der Waals surface area contributed by atoms with E-state index in [0.717, 1.165) is 22.3 Å². The smallest absolute Gasteiger partial charge is 0.123 e. The molecule has 0 saturated carbocycles. The van der Waals surface area contributed by atoms with Crippen LogP contribution in [0.3, 0.4) is 0 Å². The Morgan fingerprint density at radius 2 is 1.32 bits per heavy atom. The molecule has 0 aliphatic rings. The van der Waals surface area contributed by atoms with Crippen molar-refractivity contribution in [2.45, 2.75) is 55.9 Å². The molecular weight excluding hydrogens is 343 g/mol. The summed E-state index contributed by atoms with van der Waals surface area (Å²) in [4.78, 5) is 0. The Balaban J connectivity index is 0.00000235. The first-order valence-electron chi connectivity index (χ1n) is 9.72. The maximum atomic E-state index is 13.4. The third-order valence-corrected chi connectivity index (χ3v) is 4.65. The minimum atomic E-state index is -0.216. The summed E-state index contributed by atoms with van der Waals surface area (Å²) in [5, 5.41) is 0. The molecule has 0 bridgehead atoms.